The average Bonchev–Trinajstić information content (AvgIpc) is 2.62. The minimum Gasteiger partial charge on any atom is -0.328 e. The molecule has 84 valence electrons. The Morgan fingerprint density at radius 3 is 3.13 bits per heavy atom. The van der Waals surface area contributed by atoms with Gasteiger partial charge in [0.25, 0.3) is 0 Å². The number of aromatic nitrogens is 1. The van der Waals surface area contributed by atoms with Crippen LogP contribution in [0.2, 0.25) is 0 Å². The highest BCUT2D eigenvalue weighted by molar-refractivity contribution is 7.09. The number of nitrogens with zero attached hydrogens (tertiary/aromatic N) is 1. The van der Waals surface area contributed by atoms with E-state index >= 15 is 0 Å². The number of aryl methyl sites for hydroxylation is 1. The molecule has 0 aliphatic heterocycles. The zero-order valence-electron chi connectivity index (χ0n) is 9.20. The Balaban J connectivity index is 1.77. The molecule has 1 aromatic rings. The highest BCUT2D eigenvalue weighted by atomic mass is 32.1. The van der Waals surface area contributed by atoms with Crippen molar-refractivity contribution in [2.24, 2.45) is 5.73 Å². The fraction of sp³-hybridized carbons (Fsp3) is 0.727. The van der Waals surface area contributed by atoms with Crippen molar-refractivity contribution in [1.29, 1.82) is 0 Å². The van der Waals surface area contributed by atoms with Crippen molar-refractivity contribution in [3.63, 3.8) is 0 Å². The first-order chi connectivity index (χ1) is 7.24. The number of nitrogens with one attached hydrogen (secondary N) is 1. The van der Waals surface area contributed by atoms with Crippen molar-refractivity contribution in [2.45, 2.75) is 51.2 Å². The first kappa shape index (κ1) is 11.0. The van der Waals surface area contributed by atoms with E-state index in [4.69, 9.17) is 5.73 Å². The van der Waals surface area contributed by atoms with Gasteiger partial charge in [-0.25, -0.2) is 4.98 Å². The summed E-state index contributed by atoms with van der Waals surface area (Å²) in [6.07, 6.45) is 4.82. The van der Waals surface area contributed by atoms with Crippen LogP contribution in [-0.4, -0.2) is 17.1 Å². The standard InChI is InChI=1S/C11H19N3S/c1-8-14-11(7-15-8)6-13-10-4-2-3-9(12)5-10/h7,9-10,13H,2-6,12H2,1H3. The van der Waals surface area contributed by atoms with E-state index < -0.39 is 0 Å². The third kappa shape index (κ3) is 3.26. The Morgan fingerprint density at radius 1 is 1.60 bits per heavy atom. The molecule has 2 rings (SSSR count). The molecule has 0 amide bonds. The average molecular weight is 225 g/mol. The molecule has 1 aromatic heterocycles. The number of thiazole rings is 1. The second kappa shape index (κ2) is 5.05. The topological polar surface area (TPSA) is 50.9 Å². The van der Waals surface area contributed by atoms with Crippen LogP contribution in [0.4, 0.5) is 0 Å². The predicted molar refractivity (Wildman–Crippen MR) is 63.9 cm³/mol. The van der Waals surface area contributed by atoms with E-state index in [2.05, 4.69) is 15.7 Å². The van der Waals surface area contributed by atoms with Crippen LogP contribution in [0.1, 0.15) is 36.4 Å². The summed E-state index contributed by atoms with van der Waals surface area (Å²) in [5.41, 5.74) is 7.11. The minimum absolute atomic E-state index is 0.397. The lowest BCUT2D eigenvalue weighted by molar-refractivity contribution is 0.337. The number of hydrogen-bond donors (Lipinski definition) is 2. The molecule has 3 N–H and O–H groups in total. The molecular formula is C11H19N3S. The maximum Gasteiger partial charge on any atom is 0.0897 e. The zero-order valence-corrected chi connectivity index (χ0v) is 10.0. The largest absolute Gasteiger partial charge is 0.328 e. The molecule has 1 fully saturated rings. The van der Waals surface area contributed by atoms with Gasteiger partial charge < -0.3 is 11.1 Å². The molecule has 1 aliphatic rings. The van der Waals surface area contributed by atoms with Crippen molar-refractivity contribution in [3.05, 3.63) is 16.1 Å². The molecule has 15 heavy (non-hydrogen) atoms. The maximum absolute atomic E-state index is 5.94. The smallest absolute Gasteiger partial charge is 0.0897 e. The highest BCUT2D eigenvalue weighted by Gasteiger charge is 2.18. The molecule has 2 atom stereocenters. The van der Waals surface area contributed by atoms with Gasteiger partial charge in [-0.2, -0.15) is 0 Å². The van der Waals surface area contributed by atoms with Crippen LogP contribution in [0.25, 0.3) is 0 Å². The molecule has 0 saturated heterocycles. The normalized spacial score (nSPS) is 26.8. The molecule has 0 aromatic carbocycles. The van der Waals surface area contributed by atoms with Crippen LogP contribution < -0.4 is 11.1 Å². The first-order valence-corrected chi connectivity index (χ1v) is 6.52. The van der Waals surface area contributed by atoms with Gasteiger partial charge in [-0.3, -0.25) is 0 Å². The van der Waals surface area contributed by atoms with Crippen LogP contribution in [0, 0.1) is 6.92 Å². The van der Waals surface area contributed by atoms with E-state index in [9.17, 15) is 0 Å². The van der Waals surface area contributed by atoms with Gasteiger partial charge in [-0.15, -0.1) is 11.3 Å². The summed E-state index contributed by atoms with van der Waals surface area (Å²) < 4.78 is 0. The molecule has 1 aliphatic carbocycles. The molecule has 1 heterocycles. The fourth-order valence-corrected chi connectivity index (χ4v) is 2.76. The Labute approximate surface area is 95.1 Å². The second-order valence-corrected chi connectivity index (χ2v) is 5.42. The van der Waals surface area contributed by atoms with Crippen LogP contribution in [0.15, 0.2) is 5.38 Å². The third-order valence-corrected chi connectivity index (χ3v) is 3.78. The summed E-state index contributed by atoms with van der Waals surface area (Å²) >= 11 is 1.72. The van der Waals surface area contributed by atoms with Crippen molar-refractivity contribution in [3.8, 4) is 0 Å². The van der Waals surface area contributed by atoms with Gasteiger partial charge in [0.15, 0.2) is 0 Å². The summed E-state index contributed by atoms with van der Waals surface area (Å²) in [5, 5.41) is 6.82. The Morgan fingerprint density at radius 2 is 2.47 bits per heavy atom. The fourth-order valence-electron chi connectivity index (χ4n) is 2.15. The van der Waals surface area contributed by atoms with Crippen LogP contribution >= 0.6 is 11.3 Å². The minimum atomic E-state index is 0.397. The lowest BCUT2D eigenvalue weighted by Crippen LogP contribution is -2.39. The van der Waals surface area contributed by atoms with Crippen LogP contribution in [0.5, 0.6) is 0 Å². The molecule has 4 heteroatoms. The maximum atomic E-state index is 5.94. The van der Waals surface area contributed by atoms with Crippen LogP contribution in [0.3, 0.4) is 0 Å². The Hall–Kier alpha value is -0.450. The molecule has 3 nitrogen and oxygen atoms in total. The molecule has 1 saturated carbocycles. The summed E-state index contributed by atoms with van der Waals surface area (Å²) in [7, 11) is 0. The Kier molecular flexibility index (Phi) is 3.72. The van der Waals surface area contributed by atoms with Crippen molar-refractivity contribution >= 4 is 11.3 Å². The molecule has 2 unspecified atom stereocenters. The van der Waals surface area contributed by atoms with E-state index in [0.29, 0.717) is 12.1 Å². The summed E-state index contributed by atoms with van der Waals surface area (Å²) in [6, 6.07) is 0.990. The third-order valence-electron chi connectivity index (χ3n) is 2.95. The van der Waals surface area contributed by atoms with Gasteiger partial charge in [-0.1, -0.05) is 6.42 Å². The Bertz CT molecular complexity index is 311. The van der Waals surface area contributed by atoms with Gasteiger partial charge in [0, 0.05) is 24.0 Å². The van der Waals surface area contributed by atoms with E-state index in [-0.39, 0.29) is 0 Å². The van der Waals surface area contributed by atoms with Crippen LogP contribution in [-0.2, 0) is 6.54 Å². The zero-order chi connectivity index (χ0) is 10.7. The van der Waals surface area contributed by atoms with Crippen molar-refractivity contribution < 1.29 is 0 Å². The summed E-state index contributed by atoms with van der Waals surface area (Å²) in [5.74, 6) is 0. The summed E-state index contributed by atoms with van der Waals surface area (Å²) in [6.45, 7) is 2.94. The SMILES string of the molecule is Cc1nc(CNC2CCCC(N)C2)cs1. The van der Waals surface area contributed by atoms with Crippen molar-refractivity contribution in [1.82, 2.24) is 10.3 Å². The van der Waals surface area contributed by atoms with E-state index in [1.165, 1.54) is 19.3 Å². The second-order valence-electron chi connectivity index (χ2n) is 4.36. The lowest BCUT2D eigenvalue weighted by Gasteiger charge is -2.27. The van der Waals surface area contributed by atoms with E-state index in [1.54, 1.807) is 11.3 Å². The van der Waals surface area contributed by atoms with E-state index in [1.807, 2.05) is 6.92 Å². The first-order valence-electron chi connectivity index (χ1n) is 5.64. The van der Waals surface area contributed by atoms with Gasteiger partial charge in [0.2, 0.25) is 0 Å². The van der Waals surface area contributed by atoms with E-state index in [0.717, 1.165) is 23.7 Å². The molecular weight excluding hydrogens is 206 g/mol. The number of hydrogen-bond acceptors (Lipinski definition) is 4. The summed E-state index contributed by atoms with van der Waals surface area (Å²) in [4.78, 5) is 4.44. The molecule has 0 bridgehead atoms. The van der Waals surface area contributed by atoms with Crippen molar-refractivity contribution in [2.75, 3.05) is 0 Å². The van der Waals surface area contributed by atoms with Gasteiger partial charge in [0.05, 0.1) is 10.7 Å². The predicted octanol–water partition coefficient (Wildman–Crippen LogP) is 1.81. The van der Waals surface area contributed by atoms with Gasteiger partial charge in [-0.05, 0) is 26.2 Å². The number of rotatable bonds is 3. The molecule has 0 spiro atoms. The van der Waals surface area contributed by atoms with Gasteiger partial charge >= 0.3 is 0 Å². The highest BCUT2D eigenvalue weighted by Crippen LogP contribution is 2.17. The monoisotopic (exact) mass is 225 g/mol. The lowest BCUT2D eigenvalue weighted by atomic mass is 9.91. The number of nitrogens with two attached hydrogens (primary N) is 1. The molecule has 0 radical (unpaired) electrons. The van der Waals surface area contributed by atoms with Gasteiger partial charge in [0.1, 0.15) is 0 Å². The quantitative estimate of drug-likeness (QED) is 0.825.